The van der Waals surface area contributed by atoms with Crippen LogP contribution in [0.5, 0.6) is 0 Å². The summed E-state index contributed by atoms with van der Waals surface area (Å²) < 4.78 is 22.2. The van der Waals surface area contributed by atoms with E-state index in [2.05, 4.69) is 10.3 Å². The second-order valence-electron chi connectivity index (χ2n) is 4.05. The molecule has 2 atom stereocenters. The number of rotatable bonds is 8. The van der Waals surface area contributed by atoms with Crippen LogP contribution < -0.4 is 10.7 Å². The predicted octanol–water partition coefficient (Wildman–Crippen LogP) is -0.786. The van der Waals surface area contributed by atoms with Crippen molar-refractivity contribution < 1.29 is 37.9 Å². The first-order valence-electron chi connectivity index (χ1n) is 6.42. The molecule has 0 aliphatic carbocycles. The highest BCUT2D eigenvalue weighted by molar-refractivity contribution is 7.55. The number of carbonyl (C=O) groups is 4. The molecule has 0 aromatic rings. The maximum absolute atomic E-state index is 12.5. The molecule has 128 valence electrons. The van der Waals surface area contributed by atoms with Crippen LogP contribution in [0.25, 0.3) is 0 Å². The maximum atomic E-state index is 12.5. The summed E-state index contributed by atoms with van der Waals surface area (Å²) in [7, 11) is -4.24. The van der Waals surface area contributed by atoms with Gasteiger partial charge >= 0.3 is 19.5 Å². The predicted molar refractivity (Wildman–Crippen MR) is 72.2 cm³/mol. The van der Waals surface area contributed by atoms with E-state index in [0.717, 1.165) is 0 Å². The van der Waals surface area contributed by atoms with Crippen LogP contribution in [0.3, 0.4) is 0 Å². The van der Waals surface area contributed by atoms with Gasteiger partial charge in [-0.05, 0) is 13.8 Å². The number of hydrogen-bond acceptors (Lipinski definition) is 9. The Morgan fingerprint density at radius 2 is 1.91 bits per heavy atom. The molecular weight excluding hydrogens is 335 g/mol. The average molecular weight is 350 g/mol. The Hall–Kier alpha value is -2.17. The van der Waals surface area contributed by atoms with Gasteiger partial charge in [0, 0.05) is 0 Å². The van der Waals surface area contributed by atoms with Crippen molar-refractivity contribution in [2.75, 3.05) is 13.2 Å². The summed E-state index contributed by atoms with van der Waals surface area (Å²) in [6.07, 6.45) is 0. The van der Waals surface area contributed by atoms with Crippen LogP contribution in [0.1, 0.15) is 13.8 Å². The zero-order valence-corrected chi connectivity index (χ0v) is 13.1. The van der Waals surface area contributed by atoms with Crippen molar-refractivity contribution >= 4 is 31.2 Å². The molecular formula is C10H15N4O8P. The van der Waals surface area contributed by atoms with Gasteiger partial charge in [0.25, 0.3) is 11.7 Å². The summed E-state index contributed by atoms with van der Waals surface area (Å²) in [5, 5.41) is 17.3. The topological polar surface area (TPSA) is 173 Å². The number of nitrogens with zero attached hydrogens (tertiary/aromatic N) is 2. The number of carboxylic acid groups (broad SMARTS) is 1. The van der Waals surface area contributed by atoms with E-state index in [-0.39, 0.29) is 13.2 Å². The highest BCUT2D eigenvalue weighted by Crippen LogP contribution is 2.52. The molecule has 0 aromatic heterocycles. The lowest BCUT2D eigenvalue weighted by atomic mass is 10.1. The molecule has 3 N–H and O–H groups in total. The molecule has 2 amide bonds. The van der Waals surface area contributed by atoms with E-state index in [4.69, 9.17) is 14.2 Å². The number of aliphatic carboxylic acids is 1. The minimum Gasteiger partial charge on any atom is -0.479 e. The average Bonchev–Trinajstić information content (AvgIpc) is 2.47. The Morgan fingerprint density at radius 3 is 2.39 bits per heavy atom. The Bertz CT molecular complexity index is 581. The lowest BCUT2D eigenvalue weighted by Gasteiger charge is -2.24. The molecule has 12 nitrogen and oxygen atoms in total. The summed E-state index contributed by atoms with van der Waals surface area (Å²) in [5.74, 6) is -7.44. The van der Waals surface area contributed by atoms with Crippen molar-refractivity contribution in [3.8, 4) is 0 Å². The molecule has 0 fully saturated rings. The number of hydrogen-bond donors (Lipinski definition) is 3. The fourth-order valence-electron chi connectivity index (χ4n) is 1.57. The quantitative estimate of drug-likeness (QED) is 0.290. The summed E-state index contributed by atoms with van der Waals surface area (Å²) in [6.45, 7) is 2.63. The zero-order valence-electron chi connectivity index (χ0n) is 12.2. The van der Waals surface area contributed by atoms with Gasteiger partial charge in [-0.2, -0.15) is 0 Å². The molecule has 0 radical (unpaired) electrons. The fraction of sp³-hybridized carbons (Fsp3) is 0.600. The van der Waals surface area contributed by atoms with Crippen LogP contribution in [0.15, 0.2) is 10.3 Å². The van der Waals surface area contributed by atoms with E-state index in [0.29, 0.717) is 0 Å². The molecule has 1 aliphatic rings. The Kier molecular flexibility index (Phi) is 6.49. The number of amides is 2. The van der Waals surface area contributed by atoms with Crippen molar-refractivity contribution in [1.82, 2.24) is 10.7 Å². The first-order valence-corrected chi connectivity index (χ1v) is 8.04. The number of Topliss-reactive ketones (excluding diaryl/α,β-unsaturated/α-hetero) is 1. The molecule has 1 aliphatic heterocycles. The summed E-state index contributed by atoms with van der Waals surface area (Å²) in [4.78, 5) is 45.9. The van der Waals surface area contributed by atoms with Crippen LogP contribution in [0.4, 0.5) is 0 Å². The maximum Gasteiger partial charge on any atom is 0.364 e. The van der Waals surface area contributed by atoms with Crippen LogP contribution in [-0.4, -0.2) is 53.7 Å². The molecule has 0 saturated carbocycles. The van der Waals surface area contributed by atoms with Gasteiger partial charge < -0.3 is 19.5 Å². The van der Waals surface area contributed by atoms with Gasteiger partial charge in [-0.3, -0.25) is 18.9 Å². The zero-order chi connectivity index (χ0) is 17.6. The van der Waals surface area contributed by atoms with Gasteiger partial charge in [0.05, 0.1) is 13.2 Å². The van der Waals surface area contributed by atoms with E-state index < -0.39 is 43.0 Å². The van der Waals surface area contributed by atoms with Crippen LogP contribution in [0, 0.1) is 0 Å². The highest BCUT2D eigenvalue weighted by atomic mass is 31.2. The first kappa shape index (κ1) is 18.9. The van der Waals surface area contributed by atoms with Crippen LogP contribution in [0.2, 0.25) is 0 Å². The van der Waals surface area contributed by atoms with Crippen LogP contribution >= 0.6 is 7.60 Å². The molecule has 1 rings (SSSR count). The van der Waals surface area contributed by atoms with Crippen molar-refractivity contribution in [3.63, 3.8) is 0 Å². The third-order valence-electron chi connectivity index (χ3n) is 2.49. The first-order chi connectivity index (χ1) is 10.8. The molecule has 1 heterocycles. The minimum absolute atomic E-state index is 0.137. The SMILES string of the molecule is CCOP(=O)(OCC)C(NC(=O)C1N=NNC(=O)C1=O)C(=O)O. The van der Waals surface area contributed by atoms with Crippen molar-refractivity contribution in [2.24, 2.45) is 10.3 Å². The summed E-state index contributed by atoms with van der Waals surface area (Å²) in [6, 6.07) is -1.87. The number of carbonyl (C=O) groups excluding carboxylic acids is 3. The van der Waals surface area contributed by atoms with E-state index in [9.17, 15) is 23.7 Å². The monoisotopic (exact) mass is 350 g/mol. The van der Waals surface area contributed by atoms with E-state index >= 15 is 0 Å². The van der Waals surface area contributed by atoms with E-state index in [1.165, 1.54) is 13.8 Å². The summed E-state index contributed by atoms with van der Waals surface area (Å²) >= 11 is 0. The van der Waals surface area contributed by atoms with Gasteiger partial charge in [-0.15, -0.1) is 5.11 Å². The van der Waals surface area contributed by atoms with Gasteiger partial charge in [-0.1, -0.05) is 5.22 Å². The van der Waals surface area contributed by atoms with Crippen LogP contribution in [-0.2, 0) is 32.8 Å². The molecule has 13 heteroatoms. The van der Waals surface area contributed by atoms with Gasteiger partial charge in [0.15, 0.2) is 0 Å². The second-order valence-corrected chi connectivity index (χ2v) is 6.16. The van der Waals surface area contributed by atoms with Gasteiger partial charge in [0.2, 0.25) is 11.8 Å². The molecule has 0 aromatic carbocycles. The van der Waals surface area contributed by atoms with Crippen molar-refractivity contribution in [3.05, 3.63) is 0 Å². The molecule has 0 spiro atoms. The molecule has 2 unspecified atom stereocenters. The third kappa shape index (κ3) is 4.41. The lowest BCUT2D eigenvalue weighted by Crippen LogP contribution is -2.51. The minimum atomic E-state index is -4.24. The van der Waals surface area contributed by atoms with E-state index in [1.54, 1.807) is 5.43 Å². The Morgan fingerprint density at radius 1 is 1.35 bits per heavy atom. The Balaban J connectivity index is 3.01. The van der Waals surface area contributed by atoms with E-state index in [1.807, 2.05) is 5.32 Å². The third-order valence-corrected chi connectivity index (χ3v) is 4.71. The Labute approximate surface area is 130 Å². The molecule has 0 saturated heterocycles. The molecule has 23 heavy (non-hydrogen) atoms. The normalized spacial score (nSPS) is 19.1. The lowest BCUT2D eigenvalue weighted by molar-refractivity contribution is -0.144. The van der Waals surface area contributed by atoms with Gasteiger partial charge in [-0.25, -0.2) is 10.2 Å². The number of nitrogens with one attached hydrogen (secondary N) is 2. The number of carboxylic acids is 1. The fourth-order valence-corrected chi connectivity index (χ4v) is 3.22. The van der Waals surface area contributed by atoms with Crippen molar-refractivity contribution in [2.45, 2.75) is 25.7 Å². The smallest absolute Gasteiger partial charge is 0.364 e. The standard InChI is InChI=1S/C10H15N4O8P/c1-3-21-23(20,22-4-2)9(10(18)19)11-7(16)5-6(15)8(17)13-14-12-5/h5,9H,3-4H2,1-2H3,(H,11,16)(H,18,19)(H,12,13,17). The summed E-state index contributed by atoms with van der Waals surface area (Å²) in [5.41, 5.74) is 1.73. The van der Waals surface area contributed by atoms with Gasteiger partial charge in [0.1, 0.15) is 0 Å². The highest BCUT2D eigenvalue weighted by Gasteiger charge is 2.45. The largest absolute Gasteiger partial charge is 0.479 e. The number of ketones is 1. The molecule has 0 bridgehead atoms. The second kappa shape index (κ2) is 7.90. The van der Waals surface area contributed by atoms with Crippen molar-refractivity contribution in [1.29, 1.82) is 0 Å².